The molecule has 3 rings (SSSR count). The van der Waals surface area contributed by atoms with Crippen molar-refractivity contribution in [2.45, 2.75) is 69.6 Å². The summed E-state index contributed by atoms with van der Waals surface area (Å²) >= 11 is 0. The number of benzene rings is 2. The maximum absolute atomic E-state index is 10.9. The van der Waals surface area contributed by atoms with E-state index in [0.717, 1.165) is 17.2 Å². The maximum Gasteiger partial charge on any atom is 0.186 e. The van der Waals surface area contributed by atoms with E-state index in [4.69, 9.17) is 18.9 Å². The lowest BCUT2D eigenvalue weighted by molar-refractivity contribution is -0.312. The summed E-state index contributed by atoms with van der Waals surface area (Å²) < 4.78 is 23.8. The standard InChI is InChI=1S/C25H36O6Si/c1-32(2,3)15-14-29-25-24(30-17-20-12-8-5-9-13-20)23(27)22(26)21(31-25)18-28-16-19-10-6-4-7-11-19/h4-13,21-27H,14-18H2,1-3H3/t21-,22-,23+,24-,25-/m1/s1. The van der Waals surface area contributed by atoms with Crippen LogP contribution in [0.15, 0.2) is 60.7 Å². The molecule has 1 fully saturated rings. The average molecular weight is 461 g/mol. The first-order valence-corrected chi connectivity index (χ1v) is 14.9. The Labute approximate surface area is 192 Å². The fourth-order valence-corrected chi connectivity index (χ4v) is 4.20. The van der Waals surface area contributed by atoms with Crippen LogP contribution in [0.2, 0.25) is 25.7 Å². The number of ether oxygens (including phenoxy) is 4. The van der Waals surface area contributed by atoms with Crippen molar-refractivity contribution in [2.75, 3.05) is 13.2 Å². The monoisotopic (exact) mass is 460 g/mol. The van der Waals surface area contributed by atoms with Crippen LogP contribution in [0.5, 0.6) is 0 Å². The van der Waals surface area contributed by atoms with E-state index in [0.29, 0.717) is 19.8 Å². The van der Waals surface area contributed by atoms with Gasteiger partial charge in [-0.25, -0.2) is 0 Å². The van der Waals surface area contributed by atoms with Crippen molar-refractivity contribution < 1.29 is 29.2 Å². The normalized spacial score (nSPS) is 26.2. The first kappa shape index (κ1) is 25.0. The van der Waals surface area contributed by atoms with Gasteiger partial charge in [-0.2, -0.15) is 0 Å². The van der Waals surface area contributed by atoms with Gasteiger partial charge >= 0.3 is 0 Å². The first-order chi connectivity index (χ1) is 15.3. The van der Waals surface area contributed by atoms with Crippen molar-refractivity contribution in [3.8, 4) is 0 Å². The number of aliphatic hydroxyl groups excluding tert-OH is 2. The third-order valence-corrected chi connectivity index (χ3v) is 7.16. The molecule has 0 amide bonds. The Bertz CT molecular complexity index is 780. The lowest BCUT2D eigenvalue weighted by atomic mass is 9.99. The molecular formula is C25H36O6Si. The van der Waals surface area contributed by atoms with Crippen molar-refractivity contribution in [1.29, 1.82) is 0 Å². The minimum atomic E-state index is -1.30. The fourth-order valence-electron chi connectivity index (χ4n) is 3.47. The molecule has 1 saturated heterocycles. The van der Waals surface area contributed by atoms with Gasteiger partial charge in [-0.1, -0.05) is 80.3 Å². The Morgan fingerprint density at radius 2 is 1.41 bits per heavy atom. The van der Waals surface area contributed by atoms with E-state index in [1.165, 1.54) is 0 Å². The molecule has 7 heteroatoms. The van der Waals surface area contributed by atoms with Crippen LogP contribution in [0.25, 0.3) is 0 Å². The molecule has 5 atom stereocenters. The number of rotatable bonds is 11. The van der Waals surface area contributed by atoms with Crippen molar-refractivity contribution in [3.63, 3.8) is 0 Å². The zero-order chi connectivity index (χ0) is 23.0. The average Bonchev–Trinajstić information content (AvgIpc) is 2.77. The molecule has 0 aromatic heterocycles. The topological polar surface area (TPSA) is 77.4 Å². The molecule has 2 aromatic carbocycles. The minimum Gasteiger partial charge on any atom is -0.387 e. The molecule has 0 bridgehead atoms. The van der Waals surface area contributed by atoms with Crippen LogP contribution < -0.4 is 0 Å². The van der Waals surface area contributed by atoms with Gasteiger partial charge in [-0.05, 0) is 17.2 Å². The molecule has 1 aliphatic heterocycles. The summed E-state index contributed by atoms with van der Waals surface area (Å²) in [5.74, 6) is 0. The predicted molar refractivity (Wildman–Crippen MR) is 126 cm³/mol. The van der Waals surface area contributed by atoms with E-state index in [-0.39, 0.29) is 6.61 Å². The van der Waals surface area contributed by atoms with Crippen molar-refractivity contribution in [2.24, 2.45) is 0 Å². The van der Waals surface area contributed by atoms with Crippen molar-refractivity contribution in [3.05, 3.63) is 71.8 Å². The lowest BCUT2D eigenvalue weighted by Gasteiger charge is -2.42. The largest absolute Gasteiger partial charge is 0.387 e. The molecule has 0 spiro atoms. The highest BCUT2D eigenvalue weighted by atomic mass is 28.3. The molecule has 6 nitrogen and oxygen atoms in total. The van der Waals surface area contributed by atoms with Gasteiger partial charge in [-0.15, -0.1) is 0 Å². The molecule has 2 N–H and O–H groups in total. The van der Waals surface area contributed by atoms with Gasteiger partial charge in [0.05, 0.1) is 19.8 Å². The zero-order valence-corrected chi connectivity index (χ0v) is 20.2. The second-order valence-electron chi connectivity index (χ2n) is 9.47. The number of hydrogen-bond acceptors (Lipinski definition) is 6. The highest BCUT2D eigenvalue weighted by Gasteiger charge is 2.46. The summed E-state index contributed by atoms with van der Waals surface area (Å²) in [6.45, 7) is 8.19. The minimum absolute atomic E-state index is 0.145. The van der Waals surface area contributed by atoms with Crippen LogP contribution in [-0.2, 0) is 32.2 Å². The van der Waals surface area contributed by atoms with Gasteiger partial charge in [0, 0.05) is 14.7 Å². The Balaban J connectivity index is 1.61. The SMILES string of the molecule is C[Si](C)(C)CCO[C@@H]1O[C@H](COCc2ccccc2)[C@@H](O)[C@H](O)[C@H]1OCc1ccccc1. The van der Waals surface area contributed by atoms with Crippen LogP contribution in [0.3, 0.4) is 0 Å². The van der Waals surface area contributed by atoms with Crippen LogP contribution >= 0.6 is 0 Å². The van der Waals surface area contributed by atoms with Crippen LogP contribution in [0.4, 0.5) is 0 Å². The molecular weight excluding hydrogens is 424 g/mol. The maximum atomic E-state index is 10.9. The first-order valence-electron chi connectivity index (χ1n) is 11.2. The van der Waals surface area contributed by atoms with E-state index >= 15 is 0 Å². The van der Waals surface area contributed by atoms with Crippen molar-refractivity contribution in [1.82, 2.24) is 0 Å². The molecule has 2 aromatic rings. The Kier molecular flexibility index (Phi) is 9.42. The lowest BCUT2D eigenvalue weighted by Crippen LogP contribution is -2.60. The smallest absolute Gasteiger partial charge is 0.186 e. The second-order valence-corrected chi connectivity index (χ2v) is 15.1. The molecule has 0 unspecified atom stereocenters. The third-order valence-electron chi connectivity index (χ3n) is 5.46. The molecule has 0 radical (unpaired) electrons. The highest BCUT2D eigenvalue weighted by molar-refractivity contribution is 6.76. The van der Waals surface area contributed by atoms with E-state index in [9.17, 15) is 10.2 Å². The Hall–Kier alpha value is -1.58. The van der Waals surface area contributed by atoms with Gasteiger partial charge in [0.1, 0.15) is 24.4 Å². The molecule has 1 heterocycles. The molecule has 1 aliphatic rings. The predicted octanol–water partition coefficient (Wildman–Crippen LogP) is 3.59. The van der Waals surface area contributed by atoms with Gasteiger partial charge in [-0.3, -0.25) is 0 Å². The van der Waals surface area contributed by atoms with Crippen LogP contribution in [-0.4, -0.2) is 62.2 Å². The number of aliphatic hydroxyl groups is 2. The number of hydrogen-bond donors (Lipinski definition) is 2. The summed E-state index contributed by atoms with van der Waals surface area (Å²) in [6, 6.07) is 20.5. The summed E-state index contributed by atoms with van der Waals surface area (Å²) in [7, 11) is -1.30. The van der Waals surface area contributed by atoms with Crippen LogP contribution in [0.1, 0.15) is 11.1 Å². The van der Waals surface area contributed by atoms with Crippen LogP contribution in [0, 0.1) is 0 Å². The van der Waals surface area contributed by atoms with Gasteiger partial charge in [0.25, 0.3) is 0 Å². The second kappa shape index (κ2) is 12.0. The van der Waals surface area contributed by atoms with Crippen molar-refractivity contribution >= 4 is 8.07 Å². The van der Waals surface area contributed by atoms with E-state index in [1.807, 2.05) is 60.7 Å². The fraction of sp³-hybridized carbons (Fsp3) is 0.520. The zero-order valence-electron chi connectivity index (χ0n) is 19.2. The third kappa shape index (κ3) is 7.77. The van der Waals surface area contributed by atoms with E-state index < -0.39 is 38.8 Å². The summed E-state index contributed by atoms with van der Waals surface area (Å²) in [5, 5.41) is 21.5. The van der Waals surface area contributed by atoms with Gasteiger partial charge < -0.3 is 29.2 Å². The molecule has 176 valence electrons. The summed E-state index contributed by atoms with van der Waals surface area (Å²) in [6.07, 6.45) is -4.56. The molecule has 0 saturated carbocycles. The van der Waals surface area contributed by atoms with Gasteiger partial charge in [0.2, 0.25) is 0 Å². The quantitative estimate of drug-likeness (QED) is 0.499. The van der Waals surface area contributed by atoms with Gasteiger partial charge in [0.15, 0.2) is 6.29 Å². The van der Waals surface area contributed by atoms with E-state index in [2.05, 4.69) is 19.6 Å². The molecule has 0 aliphatic carbocycles. The molecule has 32 heavy (non-hydrogen) atoms. The summed E-state index contributed by atoms with van der Waals surface area (Å²) in [5.41, 5.74) is 2.01. The highest BCUT2D eigenvalue weighted by Crippen LogP contribution is 2.26. The Morgan fingerprint density at radius 3 is 2.00 bits per heavy atom. The summed E-state index contributed by atoms with van der Waals surface area (Å²) in [4.78, 5) is 0. The van der Waals surface area contributed by atoms with E-state index in [1.54, 1.807) is 0 Å². The Morgan fingerprint density at radius 1 is 0.812 bits per heavy atom.